The molecule has 0 saturated heterocycles. The van der Waals surface area contributed by atoms with Crippen LogP contribution < -0.4 is 5.32 Å². The molecule has 0 aromatic heterocycles. The van der Waals surface area contributed by atoms with Gasteiger partial charge in [-0.1, -0.05) is 28.4 Å². The van der Waals surface area contributed by atoms with Gasteiger partial charge in [0, 0.05) is 16.6 Å². The molecule has 0 bridgehead atoms. The highest BCUT2D eigenvalue weighted by Gasteiger charge is 2.20. The van der Waals surface area contributed by atoms with Crippen molar-refractivity contribution in [2.75, 3.05) is 5.32 Å². The van der Waals surface area contributed by atoms with Crippen molar-refractivity contribution >= 4 is 27.5 Å². The van der Waals surface area contributed by atoms with Gasteiger partial charge in [-0.25, -0.2) is 0 Å². The highest BCUT2D eigenvalue weighted by atomic mass is 79.9. The summed E-state index contributed by atoms with van der Waals surface area (Å²) in [6, 6.07) is 5.94. The maximum Gasteiger partial charge on any atom is 0.224 e. The summed E-state index contributed by atoms with van der Waals surface area (Å²) >= 11 is 3.41. The summed E-state index contributed by atoms with van der Waals surface area (Å²) < 4.78 is 0.997. The van der Waals surface area contributed by atoms with Crippen molar-refractivity contribution < 1.29 is 4.79 Å². The van der Waals surface area contributed by atoms with Gasteiger partial charge < -0.3 is 5.32 Å². The number of benzene rings is 1. The average Bonchev–Trinajstić information content (AvgIpc) is 2.18. The number of hydrogen-bond donors (Lipinski definition) is 1. The summed E-state index contributed by atoms with van der Waals surface area (Å²) in [6.45, 7) is 2.01. The van der Waals surface area contributed by atoms with E-state index in [-0.39, 0.29) is 5.91 Å². The van der Waals surface area contributed by atoms with Gasteiger partial charge in [0.25, 0.3) is 0 Å². The van der Waals surface area contributed by atoms with Crippen LogP contribution in [-0.4, -0.2) is 5.91 Å². The molecule has 1 N–H and O–H groups in total. The Bertz CT molecular complexity index is 399. The summed E-state index contributed by atoms with van der Waals surface area (Å²) in [6.07, 6.45) is 4.38. The van der Waals surface area contributed by atoms with Crippen molar-refractivity contribution in [3.63, 3.8) is 0 Å². The first-order chi connectivity index (χ1) is 7.65. The molecular formula is C13H16BrNO. The van der Waals surface area contributed by atoms with E-state index in [4.69, 9.17) is 0 Å². The lowest BCUT2D eigenvalue weighted by molar-refractivity contribution is -0.117. The van der Waals surface area contributed by atoms with Crippen LogP contribution in [-0.2, 0) is 4.79 Å². The van der Waals surface area contributed by atoms with E-state index in [1.807, 2.05) is 25.1 Å². The minimum atomic E-state index is 0.144. The zero-order valence-electron chi connectivity index (χ0n) is 9.42. The average molecular weight is 282 g/mol. The lowest BCUT2D eigenvalue weighted by Crippen LogP contribution is -2.21. The topological polar surface area (TPSA) is 29.1 Å². The second kappa shape index (κ2) is 5.00. The first-order valence-corrected chi connectivity index (χ1v) is 6.50. The van der Waals surface area contributed by atoms with Gasteiger partial charge in [0.1, 0.15) is 0 Å². The van der Waals surface area contributed by atoms with Gasteiger partial charge in [0.15, 0.2) is 0 Å². The number of carbonyl (C=O) groups is 1. The Labute approximate surface area is 105 Å². The monoisotopic (exact) mass is 281 g/mol. The molecule has 1 aromatic carbocycles. The van der Waals surface area contributed by atoms with Gasteiger partial charge in [-0.05, 0) is 43.4 Å². The standard InChI is InChI=1S/C13H16BrNO/c1-9-5-6-11(14)8-12(9)15-13(16)7-10-3-2-4-10/h5-6,8,10H,2-4,7H2,1H3,(H,15,16). The maximum absolute atomic E-state index is 11.8. The van der Waals surface area contributed by atoms with Crippen LogP contribution in [0.4, 0.5) is 5.69 Å². The molecule has 1 aromatic rings. The van der Waals surface area contributed by atoms with Crippen LogP contribution >= 0.6 is 15.9 Å². The lowest BCUT2D eigenvalue weighted by atomic mass is 9.83. The molecule has 1 amide bonds. The minimum absolute atomic E-state index is 0.144. The van der Waals surface area contributed by atoms with E-state index in [9.17, 15) is 4.79 Å². The Balaban J connectivity index is 1.96. The van der Waals surface area contributed by atoms with Crippen molar-refractivity contribution in [1.29, 1.82) is 0 Å². The number of anilines is 1. The molecule has 86 valence electrons. The number of hydrogen-bond acceptors (Lipinski definition) is 1. The van der Waals surface area contributed by atoms with Crippen LogP contribution in [0.3, 0.4) is 0 Å². The van der Waals surface area contributed by atoms with Gasteiger partial charge in [0.05, 0.1) is 0 Å². The first-order valence-electron chi connectivity index (χ1n) is 5.71. The smallest absolute Gasteiger partial charge is 0.224 e. The number of nitrogens with one attached hydrogen (secondary N) is 1. The van der Waals surface area contributed by atoms with Crippen LogP contribution in [0.2, 0.25) is 0 Å². The summed E-state index contributed by atoms with van der Waals surface area (Å²) in [7, 11) is 0. The van der Waals surface area contributed by atoms with Gasteiger partial charge in [-0.15, -0.1) is 0 Å². The van der Waals surface area contributed by atoms with Crippen molar-refractivity contribution in [2.45, 2.75) is 32.6 Å². The predicted octanol–water partition coefficient (Wildman–Crippen LogP) is 3.89. The summed E-state index contributed by atoms with van der Waals surface area (Å²) in [5.74, 6) is 0.762. The number of amides is 1. The van der Waals surface area contributed by atoms with Crippen LogP contribution in [0.5, 0.6) is 0 Å². The lowest BCUT2D eigenvalue weighted by Gasteiger charge is -2.24. The molecule has 1 aliphatic carbocycles. The van der Waals surface area contributed by atoms with E-state index >= 15 is 0 Å². The normalized spacial score (nSPS) is 15.6. The largest absolute Gasteiger partial charge is 0.326 e. The van der Waals surface area contributed by atoms with Crippen LogP contribution in [0.25, 0.3) is 0 Å². The van der Waals surface area contributed by atoms with Crippen molar-refractivity contribution in [3.05, 3.63) is 28.2 Å². The fourth-order valence-corrected chi connectivity index (χ4v) is 2.25. The van der Waals surface area contributed by atoms with E-state index < -0.39 is 0 Å². The van der Waals surface area contributed by atoms with Gasteiger partial charge in [-0.3, -0.25) is 4.79 Å². The second-order valence-electron chi connectivity index (χ2n) is 4.51. The zero-order valence-corrected chi connectivity index (χ0v) is 11.0. The zero-order chi connectivity index (χ0) is 11.5. The Kier molecular flexibility index (Phi) is 3.64. The van der Waals surface area contributed by atoms with E-state index in [0.717, 1.165) is 15.7 Å². The Morgan fingerprint density at radius 3 is 2.88 bits per heavy atom. The molecule has 1 aliphatic rings. The molecule has 0 aliphatic heterocycles. The number of carbonyl (C=O) groups excluding carboxylic acids is 1. The van der Waals surface area contributed by atoms with Gasteiger partial charge in [0.2, 0.25) is 5.91 Å². The fraction of sp³-hybridized carbons (Fsp3) is 0.462. The highest BCUT2D eigenvalue weighted by molar-refractivity contribution is 9.10. The highest BCUT2D eigenvalue weighted by Crippen LogP contribution is 2.30. The predicted molar refractivity (Wildman–Crippen MR) is 69.5 cm³/mol. The molecule has 0 atom stereocenters. The first kappa shape index (κ1) is 11.6. The van der Waals surface area contributed by atoms with Crippen molar-refractivity contribution in [2.24, 2.45) is 5.92 Å². The molecule has 2 nitrogen and oxygen atoms in total. The quantitative estimate of drug-likeness (QED) is 0.895. The Morgan fingerprint density at radius 1 is 1.50 bits per heavy atom. The summed E-state index contributed by atoms with van der Waals surface area (Å²) in [5.41, 5.74) is 2.02. The molecule has 0 unspecified atom stereocenters. The van der Waals surface area contributed by atoms with Crippen molar-refractivity contribution in [3.8, 4) is 0 Å². The molecule has 0 heterocycles. The van der Waals surface area contributed by atoms with E-state index in [0.29, 0.717) is 12.3 Å². The third-order valence-electron chi connectivity index (χ3n) is 3.17. The Hall–Kier alpha value is -0.830. The van der Waals surface area contributed by atoms with E-state index in [1.54, 1.807) is 0 Å². The molecular weight excluding hydrogens is 266 g/mol. The number of halogens is 1. The molecule has 16 heavy (non-hydrogen) atoms. The van der Waals surface area contributed by atoms with E-state index in [1.165, 1.54) is 19.3 Å². The van der Waals surface area contributed by atoms with Gasteiger partial charge >= 0.3 is 0 Å². The molecule has 0 radical (unpaired) electrons. The molecule has 3 heteroatoms. The number of aryl methyl sites for hydroxylation is 1. The summed E-state index contributed by atoms with van der Waals surface area (Å²) in [5, 5.41) is 2.98. The third-order valence-corrected chi connectivity index (χ3v) is 3.67. The van der Waals surface area contributed by atoms with Crippen LogP contribution in [0.15, 0.2) is 22.7 Å². The summed E-state index contributed by atoms with van der Waals surface area (Å²) in [4.78, 5) is 11.8. The number of rotatable bonds is 3. The Morgan fingerprint density at radius 2 is 2.25 bits per heavy atom. The molecule has 1 fully saturated rings. The van der Waals surface area contributed by atoms with Crippen LogP contribution in [0, 0.1) is 12.8 Å². The van der Waals surface area contributed by atoms with E-state index in [2.05, 4.69) is 21.2 Å². The second-order valence-corrected chi connectivity index (χ2v) is 5.42. The molecule has 2 rings (SSSR count). The SMILES string of the molecule is Cc1ccc(Br)cc1NC(=O)CC1CCC1. The minimum Gasteiger partial charge on any atom is -0.326 e. The van der Waals surface area contributed by atoms with Gasteiger partial charge in [-0.2, -0.15) is 0 Å². The molecule has 1 saturated carbocycles. The third kappa shape index (κ3) is 2.85. The fourth-order valence-electron chi connectivity index (χ4n) is 1.89. The van der Waals surface area contributed by atoms with Crippen LogP contribution in [0.1, 0.15) is 31.2 Å². The molecule has 0 spiro atoms. The van der Waals surface area contributed by atoms with Crippen molar-refractivity contribution in [1.82, 2.24) is 0 Å². The maximum atomic E-state index is 11.8.